The minimum absolute atomic E-state index is 0.0592. The number of carbonyl (C=O) groups excluding carboxylic acids is 1. The summed E-state index contributed by atoms with van der Waals surface area (Å²) >= 11 is 0. The molecule has 1 rings (SSSR count). The van der Waals surface area contributed by atoms with E-state index in [9.17, 15) is 9.90 Å². The molecule has 1 N–H and O–H groups in total. The Labute approximate surface area is 119 Å². The first-order valence-electron chi connectivity index (χ1n) is 6.67. The van der Waals surface area contributed by atoms with Gasteiger partial charge in [0.15, 0.2) is 5.82 Å². The van der Waals surface area contributed by atoms with Gasteiger partial charge in [-0.15, -0.1) is 10.2 Å². The molecule has 0 saturated heterocycles. The van der Waals surface area contributed by atoms with Gasteiger partial charge in [0.2, 0.25) is 5.82 Å². The lowest BCUT2D eigenvalue weighted by molar-refractivity contribution is 0.0456. The number of hydrogen-bond acceptors (Lipinski definition) is 6. The molecule has 0 saturated carbocycles. The smallest absolute Gasteiger partial charge is 0.376 e. The third-order valence-electron chi connectivity index (χ3n) is 2.64. The van der Waals surface area contributed by atoms with Crippen molar-refractivity contribution in [2.75, 3.05) is 13.2 Å². The maximum absolute atomic E-state index is 11.7. The fourth-order valence-corrected chi connectivity index (χ4v) is 2.23. The fraction of sp³-hybridized carbons (Fsp3) is 0.750. The predicted octanol–water partition coefficient (Wildman–Crippen LogP) is 1.26. The molecule has 0 aliphatic carbocycles. The van der Waals surface area contributed by atoms with Crippen LogP contribution in [-0.4, -0.2) is 47.1 Å². The number of aliphatic hydroxyl groups excluding tert-OH is 1. The van der Waals surface area contributed by atoms with Crippen LogP contribution in [0.3, 0.4) is 0 Å². The van der Waals surface area contributed by atoms with Gasteiger partial charge in [-0.05, 0) is 13.0 Å². The van der Waals surface area contributed by atoms with Crippen LogP contribution in [0.5, 0.6) is 0 Å². The molecule has 0 unspecified atom stereocenters. The van der Waals surface area contributed by atoms with Crippen LogP contribution < -0.4 is 0 Å². The second-order valence-electron chi connectivity index (χ2n) is 5.59. The first-order chi connectivity index (χ1) is 9.39. The average Bonchev–Trinajstić information content (AvgIpc) is 2.76. The fourth-order valence-electron chi connectivity index (χ4n) is 1.47. The van der Waals surface area contributed by atoms with Crippen molar-refractivity contribution in [3.8, 4) is 0 Å². The molecular formula is C12H23N3O4Si. The first kappa shape index (κ1) is 16.8. The predicted molar refractivity (Wildman–Crippen MR) is 76.0 cm³/mol. The van der Waals surface area contributed by atoms with Gasteiger partial charge in [0.1, 0.15) is 13.3 Å². The highest BCUT2D eigenvalue weighted by Crippen LogP contribution is 2.09. The van der Waals surface area contributed by atoms with Crippen molar-refractivity contribution in [1.29, 1.82) is 0 Å². The molecule has 0 aliphatic rings. The largest absolute Gasteiger partial charge is 0.460 e. The van der Waals surface area contributed by atoms with Crippen LogP contribution >= 0.6 is 0 Å². The standard InChI is InChI=1S/C12H23N3O4Si/c1-5-19-12(17)11-14-13-10(8-16)15(11)9-18-6-7-20(2,3)4/h16H,5-9H2,1-4H3. The van der Waals surface area contributed by atoms with Gasteiger partial charge in [-0.3, -0.25) is 4.57 Å². The van der Waals surface area contributed by atoms with Gasteiger partial charge in [0.05, 0.1) is 6.61 Å². The molecule has 114 valence electrons. The monoisotopic (exact) mass is 301 g/mol. The van der Waals surface area contributed by atoms with Crippen LogP contribution in [0.15, 0.2) is 0 Å². The van der Waals surface area contributed by atoms with E-state index in [0.717, 1.165) is 6.04 Å². The zero-order chi connectivity index (χ0) is 15.2. The Balaban J connectivity index is 2.67. The third-order valence-corrected chi connectivity index (χ3v) is 4.35. The summed E-state index contributed by atoms with van der Waals surface area (Å²) in [4.78, 5) is 11.7. The molecule has 0 aliphatic heterocycles. The van der Waals surface area contributed by atoms with E-state index >= 15 is 0 Å². The van der Waals surface area contributed by atoms with E-state index in [0.29, 0.717) is 12.4 Å². The number of aliphatic hydroxyl groups is 1. The lowest BCUT2D eigenvalue weighted by atomic mass is 10.5. The highest BCUT2D eigenvalue weighted by atomic mass is 28.3. The van der Waals surface area contributed by atoms with Gasteiger partial charge in [-0.25, -0.2) is 4.79 Å². The second kappa shape index (κ2) is 7.51. The summed E-state index contributed by atoms with van der Waals surface area (Å²) in [6, 6.07) is 1.03. The number of esters is 1. The Kier molecular flexibility index (Phi) is 6.31. The summed E-state index contributed by atoms with van der Waals surface area (Å²) in [5.74, 6) is -0.210. The van der Waals surface area contributed by atoms with Gasteiger partial charge in [-0.2, -0.15) is 0 Å². The lowest BCUT2D eigenvalue weighted by Gasteiger charge is -2.16. The van der Waals surface area contributed by atoms with Crippen LogP contribution in [0.2, 0.25) is 25.7 Å². The van der Waals surface area contributed by atoms with E-state index in [4.69, 9.17) is 9.47 Å². The topological polar surface area (TPSA) is 86.5 Å². The summed E-state index contributed by atoms with van der Waals surface area (Å²) in [6.07, 6.45) is 0. The lowest BCUT2D eigenvalue weighted by Crippen LogP contribution is -2.23. The highest BCUT2D eigenvalue weighted by Gasteiger charge is 2.20. The SMILES string of the molecule is CCOC(=O)c1nnc(CO)n1COCC[Si](C)(C)C. The van der Waals surface area contributed by atoms with Gasteiger partial charge in [-0.1, -0.05) is 19.6 Å². The normalized spacial score (nSPS) is 11.7. The van der Waals surface area contributed by atoms with Gasteiger partial charge in [0, 0.05) is 14.7 Å². The van der Waals surface area contributed by atoms with Gasteiger partial charge >= 0.3 is 5.97 Å². The molecule has 1 heterocycles. The highest BCUT2D eigenvalue weighted by molar-refractivity contribution is 6.76. The van der Waals surface area contributed by atoms with Crippen molar-refractivity contribution in [3.05, 3.63) is 11.6 Å². The van der Waals surface area contributed by atoms with Crippen molar-refractivity contribution in [3.63, 3.8) is 0 Å². The minimum atomic E-state index is -1.16. The Morgan fingerprint density at radius 2 is 2.05 bits per heavy atom. The average molecular weight is 301 g/mol. The van der Waals surface area contributed by atoms with E-state index in [1.165, 1.54) is 4.57 Å². The van der Waals surface area contributed by atoms with Crippen molar-refractivity contribution in [1.82, 2.24) is 14.8 Å². The van der Waals surface area contributed by atoms with Crippen LogP contribution in [-0.2, 0) is 22.8 Å². The Hall–Kier alpha value is -1.25. The van der Waals surface area contributed by atoms with E-state index in [-0.39, 0.29) is 25.8 Å². The van der Waals surface area contributed by atoms with Crippen LogP contribution in [0.1, 0.15) is 23.4 Å². The Morgan fingerprint density at radius 1 is 1.35 bits per heavy atom. The summed E-state index contributed by atoms with van der Waals surface area (Å²) in [5, 5.41) is 16.7. The van der Waals surface area contributed by atoms with Crippen molar-refractivity contribution in [2.24, 2.45) is 0 Å². The van der Waals surface area contributed by atoms with Crippen molar-refractivity contribution < 1.29 is 19.4 Å². The maximum atomic E-state index is 11.7. The number of rotatable bonds is 8. The third kappa shape index (κ3) is 5.03. The second-order valence-corrected chi connectivity index (χ2v) is 11.2. The van der Waals surface area contributed by atoms with Gasteiger partial charge in [0.25, 0.3) is 0 Å². The van der Waals surface area contributed by atoms with Crippen LogP contribution in [0, 0.1) is 0 Å². The number of hydrogen-bond donors (Lipinski definition) is 1. The molecule has 0 fully saturated rings. The zero-order valence-corrected chi connectivity index (χ0v) is 13.5. The number of ether oxygens (including phenoxy) is 2. The Morgan fingerprint density at radius 3 is 2.60 bits per heavy atom. The number of carbonyl (C=O) groups is 1. The molecule has 0 atom stereocenters. The number of aromatic nitrogens is 3. The summed E-state index contributed by atoms with van der Waals surface area (Å²) in [5.41, 5.74) is 0. The number of nitrogens with zero attached hydrogens (tertiary/aromatic N) is 3. The summed E-state index contributed by atoms with van der Waals surface area (Å²) < 4.78 is 11.9. The van der Waals surface area contributed by atoms with E-state index in [1.807, 2.05) is 0 Å². The molecule has 1 aromatic heterocycles. The van der Waals surface area contributed by atoms with Crippen molar-refractivity contribution >= 4 is 14.0 Å². The molecule has 7 nitrogen and oxygen atoms in total. The molecule has 0 amide bonds. The first-order valence-corrected chi connectivity index (χ1v) is 10.4. The molecule has 0 radical (unpaired) electrons. The molecule has 20 heavy (non-hydrogen) atoms. The maximum Gasteiger partial charge on any atom is 0.376 e. The molecule has 0 aromatic carbocycles. The van der Waals surface area contributed by atoms with Crippen molar-refractivity contribution in [2.45, 2.75) is 45.9 Å². The molecular weight excluding hydrogens is 278 g/mol. The molecule has 8 heteroatoms. The zero-order valence-electron chi connectivity index (χ0n) is 12.5. The molecule has 0 spiro atoms. The Bertz CT molecular complexity index is 442. The van der Waals surface area contributed by atoms with E-state index in [2.05, 4.69) is 29.8 Å². The van der Waals surface area contributed by atoms with Gasteiger partial charge < -0.3 is 14.6 Å². The van der Waals surface area contributed by atoms with Crippen LogP contribution in [0.4, 0.5) is 0 Å². The summed E-state index contributed by atoms with van der Waals surface area (Å²) in [6.45, 7) is 9.22. The van der Waals surface area contributed by atoms with E-state index < -0.39 is 14.0 Å². The molecule has 0 bridgehead atoms. The molecule has 1 aromatic rings. The minimum Gasteiger partial charge on any atom is -0.460 e. The van der Waals surface area contributed by atoms with Crippen LogP contribution in [0.25, 0.3) is 0 Å². The quantitative estimate of drug-likeness (QED) is 0.442. The summed E-state index contributed by atoms with van der Waals surface area (Å²) in [7, 11) is -1.16. The van der Waals surface area contributed by atoms with E-state index in [1.54, 1.807) is 6.92 Å².